The number of benzene rings is 1. The van der Waals surface area contributed by atoms with Gasteiger partial charge in [-0.15, -0.1) is 0 Å². The van der Waals surface area contributed by atoms with Crippen LogP contribution < -0.4 is 0 Å². The predicted octanol–water partition coefficient (Wildman–Crippen LogP) is 3.34. The number of rotatable bonds is 6. The Hall–Kier alpha value is -1.81. The first-order valence-corrected chi connectivity index (χ1v) is 7.99. The van der Waals surface area contributed by atoms with Crippen LogP contribution in [0.2, 0.25) is 5.02 Å². The summed E-state index contributed by atoms with van der Waals surface area (Å²) in [5, 5.41) is 0.735. The highest BCUT2D eigenvalue weighted by Gasteiger charge is 2.26. The summed E-state index contributed by atoms with van der Waals surface area (Å²) in [4.78, 5) is 18.1. The van der Waals surface area contributed by atoms with Crippen molar-refractivity contribution in [2.75, 3.05) is 6.54 Å². The van der Waals surface area contributed by atoms with Crippen molar-refractivity contribution in [3.8, 4) is 0 Å². The first kappa shape index (κ1) is 15.1. The number of carbonyl (C=O) groups excluding carboxylic acids is 1. The Morgan fingerprint density at radius 3 is 2.95 bits per heavy atom. The van der Waals surface area contributed by atoms with Gasteiger partial charge in [0.15, 0.2) is 0 Å². The zero-order valence-corrected chi connectivity index (χ0v) is 13.5. The number of hydrogen-bond acceptors (Lipinski definition) is 2. The quantitative estimate of drug-likeness (QED) is 0.819. The lowest BCUT2D eigenvalue weighted by molar-refractivity contribution is -0.129. The third kappa shape index (κ3) is 3.89. The summed E-state index contributed by atoms with van der Waals surface area (Å²) in [6.07, 6.45) is 6.21. The summed E-state index contributed by atoms with van der Waals surface area (Å²) in [5.41, 5.74) is 1.13. The van der Waals surface area contributed by atoms with Gasteiger partial charge in [-0.3, -0.25) is 4.79 Å². The number of nitrogens with zero attached hydrogens (tertiary/aromatic N) is 3. The van der Waals surface area contributed by atoms with Gasteiger partial charge < -0.3 is 9.47 Å². The van der Waals surface area contributed by atoms with Crippen LogP contribution in [-0.2, 0) is 17.9 Å². The highest BCUT2D eigenvalue weighted by Crippen LogP contribution is 2.30. The number of carbonyl (C=O) groups is 1. The summed E-state index contributed by atoms with van der Waals surface area (Å²) in [7, 11) is 0. The van der Waals surface area contributed by atoms with Gasteiger partial charge in [-0.25, -0.2) is 4.98 Å². The van der Waals surface area contributed by atoms with E-state index in [-0.39, 0.29) is 5.91 Å². The van der Waals surface area contributed by atoms with Crippen molar-refractivity contribution < 1.29 is 4.79 Å². The third-order valence-corrected chi connectivity index (χ3v) is 4.23. The zero-order valence-electron chi connectivity index (χ0n) is 12.7. The highest BCUT2D eigenvalue weighted by molar-refractivity contribution is 6.30. The summed E-state index contributed by atoms with van der Waals surface area (Å²) in [5.74, 6) is 1.71. The highest BCUT2D eigenvalue weighted by atomic mass is 35.5. The molecule has 0 radical (unpaired) electrons. The van der Waals surface area contributed by atoms with Gasteiger partial charge in [-0.05, 0) is 36.5 Å². The molecule has 0 aliphatic heterocycles. The molecule has 0 unspecified atom stereocenters. The van der Waals surface area contributed by atoms with Crippen molar-refractivity contribution in [1.29, 1.82) is 0 Å². The molecule has 1 heterocycles. The van der Waals surface area contributed by atoms with Crippen molar-refractivity contribution in [2.24, 2.45) is 5.92 Å². The van der Waals surface area contributed by atoms with E-state index >= 15 is 0 Å². The molecule has 1 aromatic carbocycles. The lowest BCUT2D eigenvalue weighted by atomic mass is 10.2. The summed E-state index contributed by atoms with van der Waals surface area (Å²) in [6, 6.07) is 7.82. The van der Waals surface area contributed by atoms with Gasteiger partial charge in [0.25, 0.3) is 0 Å². The fourth-order valence-electron chi connectivity index (χ4n) is 2.55. The van der Waals surface area contributed by atoms with Crippen molar-refractivity contribution in [3.05, 3.63) is 53.1 Å². The van der Waals surface area contributed by atoms with E-state index in [0.717, 1.165) is 23.0 Å². The average Bonchev–Trinajstić information content (AvgIpc) is 3.19. The maximum absolute atomic E-state index is 11.8. The topological polar surface area (TPSA) is 38.1 Å². The molecule has 1 aromatic heterocycles. The smallest absolute Gasteiger partial charge is 0.219 e. The van der Waals surface area contributed by atoms with Gasteiger partial charge in [-0.1, -0.05) is 23.7 Å². The minimum atomic E-state index is 0.115. The zero-order chi connectivity index (χ0) is 15.5. The largest absolute Gasteiger partial charge is 0.335 e. The van der Waals surface area contributed by atoms with E-state index in [1.807, 2.05) is 35.4 Å². The lowest BCUT2D eigenvalue weighted by Crippen LogP contribution is -2.31. The lowest BCUT2D eigenvalue weighted by Gasteiger charge is -2.21. The van der Waals surface area contributed by atoms with Crippen molar-refractivity contribution in [2.45, 2.75) is 32.9 Å². The van der Waals surface area contributed by atoms with Crippen LogP contribution in [0, 0.1) is 5.92 Å². The maximum atomic E-state index is 11.8. The van der Waals surface area contributed by atoms with E-state index in [1.165, 1.54) is 12.8 Å². The van der Waals surface area contributed by atoms with Crippen LogP contribution in [0.5, 0.6) is 0 Å². The standard InChI is InChI=1S/C17H20ClN3O/c1-13(22)21(10-14-5-6-14)12-17-19-7-8-20(17)11-15-3-2-4-16(18)9-15/h2-4,7-9,14H,5-6,10-12H2,1H3. The molecule has 0 bridgehead atoms. The van der Waals surface area contributed by atoms with Crippen LogP contribution in [0.15, 0.2) is 36.7 Å². The van der Waals surface area contributed by atoms with E-state index in [1.54, 1.807) is 13.1 Å². The summed E-state index contributed by atoms with van der Waals surface area (Å²) < 4.78 is 2.08. The summed E-state index contributed by atoms with van der Waals surface area (Å²) in [6.45, 7) is 3.76. The second-order valence-electron chi connectivity index (χ2n) is 5.94. The maximum Gasteiger partial charge on any atom is 0.219 e. The Bertz CT molecular complexity index is 663. The van der Waals surface area contributed by atoms with Gasteiger partial charge in [0.2, 0.25) is 5.91 Å². The van der Waals surface area contributed by atoms with Gasteiger partial charge in [0, 0.05) is 37.4 Å². The monoisotopic (exact) mass is 317 g/mol. The van der Waals surface area contributed by atoms with E-state index < -0.39 is 0 Å². The van der Waals surface area contributed by atoms with Gasteiger partial charge in [0.05, 0.1) is 6.54 Å². The van der Waals surface area contributed by atoms with Crippen LogP contribution in [0.3, 0.4) is 0 Å². The molecule has 1 saturated carbocycles. The summed E-state index contributed by atoms with van der Waals surface area (Å²) >= 11 is 6.04. The second kappa shape index (κ2) is 6.53. The number of aromatic nitrogens is 2. The molecule has 2 aromatic rings. The van der Waals surface area contributed by atoms with Gasteiger partial charge >= 0.3 is 0 Å². The molecule has 1 amide bonds. The van der Waals surface area contributed by atoms with E-state index in [9.17, 15) is 4.79 Å². The molecule has 116 valence electrons. The number of amides is 1. The molecule has 0 spiro atoms. The Morgan fingerprint density at radius 1 is 1.45 bits per heavy atom. The first-order valence-electron chi connectivity index (χ1n) is 7.62. The fourth-order valence-corrected chi connectivity index (χ4v) is 2.77. The molecule has 5 heteroatoms. The Kier molecular flexibility index (Phi) is 4.48. The first-order chi connectivity index (χ1) is 10.6. The molecule has 0 saturated heterocycles. The van der Waals surface area contributed by atoms with Crippen molar-refractivity contribution >= 4 is 17.5 Å². The van der Waals surface area contributed by atoms with Gasteiger partial charge in [0.1, 0.15) is 5.82 Å². The van der Waals surface area contributed by atoms with Crippen molar-refractivity contribution in [3.63, 3.8) is 0 Å². The van der Waals surface area contributed by atoms with Crippen LogP contribution in [0.25, 0.3) is 0 Å². The fraction of sp³-hybridized carbons (Fsp3) is 0.412. The molecule has 1 fully saturated rings. The van der Waals surface area contributed by atoms with Crippen LogP contribution in [0.1, 0.15) is 31.2 Å². The molecule has 0 atom stereocenters. The third-order valence-electron chi connectivity index (χ3n) is 4.00. The number of hydrogen-bond donors (Lipinski definition) is 0. The normalized spacial score (nSPS) is 14.1. The Balaban J connectivity index is 1.71. The number of imidazole rings is 1. The van der Waals surface area contributed by atoms with E-state index in [2.05, 4.69) is 9.55 Å². The number of halogens is 1. The second-order valence-corrected chi connectivity index (χ2v) is 6.38. The predicted molar refractivity (Wildman–Crippen MR) is 86.6 cm³/mol. The van der Waals surface area contributed by atoms with Gasteiger partial charge in [-0.2, -0.15) is 0 Å². The molecular formula is C17H20ClN3O. The molecule has 0 N–H and O–H groups in total. The van der Waals surface area contributed by atoms with E-state index in [0.29, 0.717) is 19.0 Å². The van der Waals surface area contributed by atoms with Crippen LogP contribution in [0.4, 0.5) is 0 Å². The minimum Gasteiger partial charge on any atom is -0.335 e. The molecule has 3 rings (SSSR count). The van der Waals surface area contributed by atoms with Crippen LogP contribution >= 0.6 is 11.6 Å². The van der Waals surface area contributed by atoms with Crippen LogP contribution in [-0.4, -0.2) is 26.9 Å². The SMILES string of the molecule is CC(=O)N(Cc1nccn1Cc1cccc(Cl)c1)CC1CC1. The minimum absolute atomic E-state index is 0.115. The molecule has 22 heavy (non-hydrogen) atoms. The molecule has 4 nitrogen and oxygen atoms in total. The molecular weight excluding hydrogens is 298 g/mol. The molecule has 1 aliphatic carbocycles. The Labute approximate surface area is 135 Å². The van der Waals surface area contributed by atoms with Crippen molar-refractivity contribution in [1.82, 2.24) is 14.5 Å². The average molecular weight is 318 g/mol. The Morgan fingerprint density at radius 2 is 2.27 bits per heavy atom. The molecule has 1 aliphatic rings. The van der Waals surface area contributed by atoms with E-state index in [4.69, 9.17) is 11.6 Å².